The van der Waals surface area contributed by atoms with E-state index >= 15 is 0 Å². The molecule has 1 atom stereocenters. The molecule has 4 nitrogen and oxygen atoms in total. The summed E-state index contributed by atoms with van der Waals surface area (Å²) in [7, 11) is 2.12. The monoisotopic (exact) mass is 256 g/mol. The highest BCUT2D eigenvalue weighted by Crippen LogP contribution is 2.13. The van der Waals surface area contributed by atoms with Crippen molar-refractivity contribution in [1.29, 1.82) is 0 Å². The molecule has 1 saturated heterocycles. The Kier molecular flexibility index (Phi) is 3.10. The van der Waals surface area contributed by atoms with E-state index in [2.05, 4.69) is 43.2 Å². The Hall–Kier alpha value is -0.520. The first-order valence-electron chi connectivity index (χ1n) is 4.65. The number of hydrogen-bond donors (Lipinski definition) is 1. The van der Waals surface area contributed by atoms with Crippen LogP contribution in [0.5, 0.6) is 0 Å². The second-order valence-corrected chi connectivity index (χ2v) is 4.44. The van der Waals surface area contributed by atoms with E-state index in [4.69, 9.17) is 0 Å². The van der Waals surface area contributed by atoms with Crippen LogP contribution in [0.3, 0.4) is 0 Å². The van der Waals surface area contributed by atoms with Crippen LogP contribution in [-0.4, -0.2) is 41.5 Å². The van der Waals surface area contributed by atoms with Crippen molar-refractivity contribution in [3.05, 3.63) is 22.7 Å². The molecule has 1 aromatic rings. The van der Waals surface area contributed by atoms with Crippen LogP contribution < -0.4 is 5.32 Å². The zero-order valence-corrected chi connectivity index (χ0v) is 9.66. The van der Waals surface area contributed by atoms with Gasteiger partial charge in [0.25, 0.3) is 0 Å². The van der Waals surface area contributed by atoms with E-state index in [1.54, 1.807) is 12.4 Å². The molecule has 1 fully saturated rings. The van der Waals surface area contributed by atoms with Gasteiger partial charge in [0.2, 0.25) is 0 Å². The number of piperazine rings is 1. The second-order valence-electron chi connectivity index (χ2n) is 3.53. The van der Waals surface area contributed by atoms with Gasteiger partial charge >= 0.3 is 0 Å². The normalized spacial score (nSPS) is 23.7. The van der Waals surface area contributed by atoms with E-state index in [9.17, 15) is 0 Å². The Morgan fingerprint density at radius 2 is 2.21 bits per heavy atom. The van der Waals surface area contributed by atoms with E-state index in [1.165, 1.54) is 0 Å². The highest BCUT2D eigenvalue weighted by molar-refractivity contribution is 9.10. The Labute approximate surface area is 91.9 Å². The highest BCUT2D eigenvalue weighted by atomic mass is 79.9. The van der Waals surface area contributed by atoms with E-state index in [-0.39, 0.29) is 6.04 Å². The molecule has 2 rings (SSSR count). The minimum Gasteiger partial charge on any atom is -0.305 e. The summed E-state index contributed by atoms with van der Waals surface area (Å²) in [5, 5.41) is 3.40. The van der Waals surface area contributed by atoms with Gasteiger partial charge in [-0.1, -0.05) is 0 Å². The molecule has 2 heterocycles. The number of halogens is 1. The van der Waals surface area contributed by atoms with Gasteiger partial charge in [-0.2, -0.15) is 0 Å². The number of aromatic nitrogens is 2. The molecule has 14 heavy (non-hydrogen) atoms. The lowest BCUT2D eigenvalue weighted by Gasteiger charge is -2.29. The van der Waals surface area contributed by atoms with Crippen molar-refractivity contribution in [2.75, 3.05) is 26.7 Å². The maximum Gasteiger partial charge on any atom is 0.146 e. The van der Waals surface area contributed by atoms with Gasteiger partial charge in [-0.25, -0.2) is 9.97 Å². The van der Waals surface area contributed by atoms with Gasteiger partial charge in [0.15, 0.2) is 0 Å². The minimum absolute atomic E-state index is 0.266. The van der Waals surface area contributed by atoms with Crippen molar-refractivity contribution >= 4 is 15.9 Å². The topological polar surface area (TPSA) is 41.0 Å². The van der Waals surface area contributed by atoms with E-state index < -0.39 is 0 Å². The predicted octanol–water partition coefficient (Wildman–Crippen LogP) is 0.815. The van der Waals surface area contributed by atoms with Crippen LogP contribution in [0.2, 0.25) is 0 Å². The molecule has 1 aliphatic rings. The standard InChI is InChI=1S/C9H13BrN4/c1-14-3-2-11-8(6-14)9-12-4-7(10)5-13-9/h4-5,8,11H,2-3,6H2,1H3. The van der Waals surface area contributed by atoms with Gasteiger partial charge in [0.1, 0.15) is 5.82 Å². The first kappa shape index (κ1) is 10.0. The largest absolute Gasteiger partial charge is 0.305 e. The van der Waals surface area contributed by atoms with Crippen LogP contribution in [0.25, 0.3) is 0 Å². The molecule has 0 aromatic carbocycles. The summed E-state index contributed by atoms with van der Waals surface area (Å²) < 4.78 is 0.922. The number of likely N-dealkylation sites (N-methyl/N-ethyl adjacent to an activating group) is 1. The fraction of sp³-hybridized carbons (Fsp3) is 0.556. The Morgan fingerprint density at radius 3 is 2.86 bits per heavy atom. The number of nitrogens with one attached hydrogen (secondary N) is 1. The Morgan fingerprint density at radius 1 is 1.50 bits per heavy atom. The first-order valence-corrected chi connectivity index (χ1v) is 5.44. The minimum atomic E-state index is 0.266. The average Bonchev–Trinajstić information content (AvgIpc) is 2.19. The van der Waals surface area contributed by atoms with Crippen molar-refractivity contribution in [3.8, 4) is 0 Å². The fourth-order valence-electron chi connectivity index (χ4n) is 1.57. The van der Waals surface area contributed by atoms with Crippen LogP contribution in [0, 0.1) is 0 Å². The smallest absolute Gasteiger partial charge is 0.146 e. The quantitative estimate of drug-likeness (QED) is 0.808. The van der Waals surface area contributed by atoms with Gasteiger partial charge in [0.05, 0.1) is 10.5 Å². The summed E-state index contributed by atoms with van der Waals surface area (Å²) in [4.78, 5) is 10.9. The molecule has 0 spiro atoms. The number of hydrogen-bond acceptors (Lipinski definition) is 4. The van der Waals surface area contributed by atoms with Crippen molar-refractivity contribution < 1.29 is 0 Å². The average molecular weight is 257 g/mol. The van der Waals surface area contributed by atoms with Crippen molar-refractivity contribution in [3.63, 3.8) is 0 Å². The molecule has 0 radical (unpaired) electrons. The zero-order valence-electron chi connectivity index (χ0n) is 8.07. The molecule has 76 valence electrons. The molecule has 0 aliphatic carbocycles. The summed E-state index contributed by atoms with van der Waals surface area (Å²) >= 11 is 3.33. The molecular weight excluding hydrogens is 244 g/mol. The molecule has 0 saturated carbocycles. The summed E-state index contributed by atoms with van der Waals surface area (Å²) in [5.74, 6) is 0.875. The van der Waals surface area contributed by atoms with Gasteiger partial charge in [0, 0.05) is 32.0 Å². The summed E-state index contributed by atoms with van der Waals surface area (Å²) in [6, 6.07) is 0.266. The third-order valence-electron chi connectivity index (χ3n) is 2.33. The lowest BCUT2D eigenvalue weighted by Crippen LogP contribution is -2.44. The van der Waals surface area contributed by atoms with Crippen molar-refractivity contribution in [2.45, 2.75) is 6.04 Å². The van der Waals surface area contributed by atoms with Crippen LogP contribution in [0.4, 0.5) is 0 Å². The lowest BCUT2D eigenvalue weighted by molar-refractivity contribution is 0.235. The molecule has 0 bridgehead atoms. The third-order valence-corrected chi connectivity index (χ3v) is 2.74. The Balaban J connectivity index is 2.10. The first-order chi connectivity index (χ1) is 6.75. The van der Waals surface area contributed by atoms with E-state index in [0.717, 1.165) is 29.9 Å². The SMILES string of the molecule is CN1CCNC(c2ncc(Br)cn2)C1. The van der Waals surface area contributed by atoms with Crippen LogP contribution in [-0.2, 0) is 0 Å². The van der Waals surface area contributed by atoms with Crippen LogP contribution in [0.1, 0.15) is 11.9 Å². The highest BCUT2D eigenvalue weighted by Gasteiger charge is 2.19. The fourth-order valence-corrected chi connectivity index (χ4v) is 1.78. The number of nitrogens with zero attached hydrogens (tertiary/aromatic N) is 3. The molecule has 1 aliphatic heterocycles. The lowest BCUT2D eigenvalue weighted by atomic mass is 10.2. The maximum atomic E-state index is 4.29. The molecule has 1 aromatic heterocycles. The maximum absolute atomic E-state index is 4.29. The number of rotatable bonds is 1. The summed E-state index contributed by atoms with van der Waals surface area (Å²) in [6.07, 6.45) is 3.58. The second kappa shape index (κ2) is 4.33. The molecule has 1 N–H and O–H groups in total. The van der Waals surface area contributed by atoms with Gasteiger partial charge in [-0.3, -0.25) is 0 Å². The van der Waals surface area contributed by atoms with Gasteiger partial charge in [-0.05, 0) is 23.0 Å². The van der Waals surface area contributed by atoms with Gasteiger partial charge in [-0.15, -0.1) is 0 Å². The predicted molar refractivity (Wildman–Crippen MR) is 58.0 cm³/mol. The van der Waals surface area contributed by atoms with Crippen molar-refractivity contribution in [2.24, 2.45) is 0 Å². The Bertz CT molecular complexity index is 300. The van der Waals surface area contributed by atoms with E-state index in [1.807, 2.05) is 0 Å². The van der Waals surface area contributed by atoms with E-state index in [0.29, 0.717) is 0 Å². The van der Waals surface area contributed by atoms with Crippen LogP contribution in [0.15, 0.2) is 16.9 Å². The van der Waals surface area contributed by atoms with Crippen molar-refractivity contribution in [1.82, 2.24) is 20.2 Å². The zero-order chi connectivity index (χ0) is 9.97. The molecular formula is C9H13BrN4. The molecule has 1 unspecified atom stereocenters. The third kappa shape index (κ3) is 2.29. The summed E-state index contributed by atoms with van der Waals surface area (Å²) in [5.41, 5.74) is 0. The molecule has 5 heteroatoms. The summed E-state index contributed by atoms with van der Waals surface area (Å²) in [6.45, 7) is 3.06. The van der Waals surface area contributed by atoms with Crippen LogP contribution >= 0.6 is 15.9 Å². The van der Waals surface area contributed by atoms with Gasteiger partial charge < -0.3 is 10.2 Å². The molecule has 0 amide bonds.